The van der Waals surface area contributed by atoms with Gasteiger partial charge in [0.25, 0.3) is 0 Å². The summed E-state index contributed by atoms with van der Waals surface area (Å²) >= 11 is 0.545. The van der Waals surface area contributed by atoms with Crippen LogP contribution < -0.4 is 43.9 Å². The molecule has 390 valence electrons. The molecule has 1 aromatic heterocycles. The Kier molecular flexibility index (Phi) is 25.7. The number of carbonyl (C=O) groups is 9. The minimum Gasteiger partial charge on any atom is -0.480 e. The molecule has 0 saturated carbocycles. The SMILES string of the molecule is CC(=O)N(O)CCCC(N)C(=O)NC(CCCN(O)C(C)=O)C(=O)NC(CCCN(O)C(C)=O)C(=O)NC(CO)C(=O)NC(C(=O)O)C(O)C1SC(n2ccc(=NC(N)=O)n(C)c2=O)C(O)C1O.[Fe]. The van der Waals surface area contributed by atoms with Gasteiger partial charge in [-0.15, -0.1) is 11.8 Å². The Bertz CT molecular complexity index is 2130. The Morgan fingerprint density at radius 2 is 1.19 bits per heavy atom. The maximum Gasteiger partial charge on any atom is 0.340 e. The van der Waals surface area contributed by atoms with E-state index in [0.29, 0.717) is 27.0 Å². The number of thioether (sulfide) groups is 1. The number of carboxylic acids is 1. The smallest absolute Gasteiger partial charge is 0.340 e. The fourth-order valence-corrected chi connectivity index (χ4v) is 8.03. The number of aromatic nitrogens is 2. The van der Waals surface area contributed by atoms with E-state index in [1.165, 1.54) is 13.1 Å². The molecule has 0 aliphatic carbocycles. The van der Waals surface area contributed by atoms with E-state index in [-0.39, 0.29) is 74.3 Å². The zero-order chi connectivity index (χ0) is 51.7. The van der Waals surface area contributed by atoms with E-state index in [9.17, 15) is 89.1 Å². The standard InChI is InChI=1S/C37H60N12O18S.Fe/c1-17(51)47(65)12-5-8-20(38)30(57)40-21(9-6-13-48(66)18(2)52)31(58)41-22(10-7-14-49(67)19(3)53)32(59)42-23(16-50)33(60)44-25(35(61)62)26(54)29-27(55)28(56)34(68-29)46-15-11-24(43-36(39)63)45(4)37(46)64;/h11,15,20-23,25-29,34,50,54-56,65-67H,5-10,12-14,16,38H2,1-4H3,(H2,39,63)(H,40,57)(H,41,58)(H,42,59)(H,44,60)(H,61,62);. The van der Waals surface area contributed by atoms with Crippen LogP contribution in [0.3, 0.4) is 0 Å². The number of nitrogens with one attached hydrogen (secondary N) is 4. The van der Waals surface area contributed by atoms with Gasteiger partial charge in [-0.1, -0.05) is 0 Å². The van der Waals surface area contributed by atoms with E-state index in [0.717, 1.165) is 36.1 Å². The van der Waals surface area contributed by atoms with Crippen molar-refractivity contribution < 1.29 is 101 Å². The quantitative estimate of drug-likeness (QED) is 0.0246. The third-order valence-corrected chi connectivity index (χ3v) is 12.0. The number of hydrogen-bond acceptors (Lipinski definition) is 19. The van der Waals surface area contributed by atoms with Crippen LogP contribution in [0.15, 0.2) is 22.1 Å². The van der Waals surface area contributed by atoms with Crippen LogP contribution in [0, 0.1) is 0 Å². The van der Waals surface area contributed by atoms with Gasteiger partial charge in [0.1, 0.15) is 35.1 Å². The second-order valence-corrected chi connectivity index (χ2v) is 16.8. The van der Waals surface area contributed by atoms with Crippen LogP contribution in [0.2, 0.25) is 0 Å². The van der Waals surface area contributed by atoms with Gasteiger partial charge in [0.05, 0.1) is 30.1 Å². The average molecular weight is 1050 g/mol. The number of primary amides is 1. The Hall–Kier alpha value is -5.54. The molecule has 0 aromatic carbocycles. The summed E-state index contributed by atoms with van der Waals surface area (Å²) in [5, 5.41) is 89.5. The number of aliphatic hydroxyl groups excluding tert-OH is 4. The summed E-state index contributed by atoms with van der Waals surface area (Å²) in [7, 11) is 1.21. The molecule has 0 spiro atoms. The molecule has 0 bridgehead atoms. The summed E-state index contributed by atoms with van der Waals surface area (Å²) in [5.74, 6) is -8.71. The molecule has 10 unspecified atom stereocenters. The molecule has 32 heteroatoms. The van der Waals surface area contributed by atoms with Crippen molar-refractivity contribution in [3.63, 3.8) is 0 Å². The minimum atomic E-state index is -2.31. The molecule has 1 aromatic rings. The van der Waals surface area contributed by atoms with E-state index in [1.807, 2.05) is 5.32 Å². The van der Waals surface area contributed by atoms with Crippen LogP contribution >= 0.6 is 11.8 Å². The minimum absolute atomic E-state index is 0. The number of carbonyl (C=O) groups excluding carboxylic acids is 8. The van der Waals surface area contributed by atoms with Crippen molar-refractivity contribution in [2.45, 2.75) is 118 Å². The second kappa shape index (κ2) is 28.8. The summed E-state index contributed by atoms with van der Waals surface area (Å²) in [4.78, 5) is 129. The molecule has 0 radical (unpaired) electrons. The first-order valence-electron chi connectivity index (χ1n) is 20.8. The number of carboxylic acid groups (broad SMARTS) is 1. The van der Waals surface area contributed by atoms with Crippen molar-refractivity contribution in [3.8, 4) is 0 Å². The number of nitrogens with zero attached hydrogens (tertiary/aromatic N) is 6. The number of hydroxylamine groups is 6. The van der Waals surface area contributed by atoms with Gasteiger partial charge < -0.3 is 58.3 Å². The zero-order valence-corrected chi connectivity index (χ0v) is 39.7. The number of hydrogen-bond donors (Lipinski definition) is 14. The van der Waals surface area contributed by atoms with E-state index in [2.05, 4.69) is 20.9 Å². The van der Waals surface area contributed by atoms with Crippen molar-refractivity contribution in [1.82, 2.24) is 45.6 Å². The number of aliphatic carboxylic acids is 1. The molecule has 1 aliphatic heterocycles. The first-order chi connectivity index (χ1) is 31.7. The number of rotatable bonds is 25. The maximum atomic E-state index is 13.8. The number of aliphatic hydroxyl groups is 4. The first-order valence-corrected chi connectivity index (χ1v) is 21.7. The Labute approximate surface area is 407 Å². The van der Waals surface area contributed by atoms with Crippen molar-refractivity contribution in [1.29, 1.82) is 0 Å². The molecule has 10 atom stereocenters. The van der Waals surface area contributed by atoms with Gasteiger partial charge in [0.2, 0.25) is 41.4 Å². The van der Waals surface area contributed by atoms with Crippen molar-refractivity contribution >= 4 is 65.1 Å². The molecule has 9 amide bonds. The predicted octanol–water partition coefficient (Wildman–Crippen LogP) is -6.74. The normalized spacial score (nSPS) is 19.3. The Morgan fingerprint density at radius 3 is 1.62 bits per heavy atom. The van der Waals surface area contributed by atoms with Gasteiger partial charge in [0.15, 0.2) is 6.04 Å². The van der Waals surface area contributed by atoms with Crippen LogP contribution in [0.4, 0.5) is 4.79 Å². The molecule has 30 nitrogen and oxygen atoms in total. The van der Waals surface area contributed by atoms with Crippen LogP contribution in [-0.2, 0) is 62.5 Å². The largest absolute Gasteiger partial charge is 0.480 e. The van der Waals surface area contributed by atoms with Gasteiger partial charge in [-0.2, -0.15) is 4.99 Å². The van der Waals surface area contributed by atoms with Crippen LogP contribution in [0.1, 0.15) is 64.7 Å². The predicted molar refractivity (Wildman–Crippen MR) is 229 cm³/mol. The third-order valence-electron chi connectivity index (χ3n) is 10.4. The summed E-state index contributed by atoms with van der Waals surface area (Å²) in [6.45, 7) is 1.07. The average Bonchev–Trinajstić information content (AvgIpc) is 3.56. The van der Waals surface area contributed by atoms with Gasteiger partial charge in [0, 0.05) is 70.7 Å². The molecule has 2 heterocycles. The van der Waals surface area contributed by atoms with Crippen LogP contribution in [0.25, 0.3) is 0 Å². The fourth-order valence-electron chi connectivity index (χ4n) is 6.46. The molecule has 1 saturated heterocycles. The first kappa shape index (κ1) is 61.5. The molecule has 69 heavy (non-hydrogen) atoms. The summed E-state index contributed by atoms with van der Waals surface area (Å²) in [6, 6.07) is -8.79. The molecule has 16 N–H and O–H groups in total. The summed E-state index contributed by atoms with van der Waals surface area (Å²) < 4.78 is 1.78. The molecular formula is C37H60FeN12O18S. The second-order valence-electron chi connectivity index (χ2n) is 15.5. The van der Waals surface area contributed by atoms with E-state index < -0.39 is 131 Å². The monoisotopic (exact) mass is 1050 g/mol. The fraction of sp³-hybridized carbons (Fsp3) is 0.649. The van der Waals surface area contributed by atoms with Gasteiger partial charge in [-0.3, -0.25) is 58.3 Å². The topological polar surface area (TPSA) is 465 Å². The molecule has 1 aliphatic rings. The summed E-state index contributed by atoms with van der Waals surface area (Å²) in [6.07, 6.45) is -5.91. The van der Waals surface area contributed by atoms with E-state index in [1.54, 1.807) is 0 Å². The zero-order valence-electron chi connectivity index (χ0n) is 37.8. The van der Waals surface area contributed by atoms with Gasteiger partial charge in [-0.05, 0) is 44.6 Å². The Morgan fingerprint density at radius 1 is 0.754 bits per heavy atom. The van der Waals surface area contributed by atoms with E-state index >= 15 is 0 Å². The van der Waals surface area contributed by atoms with E-state index in [4.69, 9.17) is 11.5 Å². The van der Waals surface area contributed by atoms with Crippen molar-refractivity contribution in [3.05, 3.63) is 28.2 Å². The van der Waals surface area contributed by atoms with Crippen LogP contribution in [0.5, 0.6) is 0 Å². The summed E-state index contributed by atoms with van der Waals surface area (Å²) in [5.41, 5.74) is 9.99. The number of nitrogens with two attached hydrogens (primary N) is 2. The number of urea groups is 1. The molecular weight excluding hydrogens is 988 g/mol. The van der Waals surface area contributed by atoms with Crippen molar-refractivity contribution in [2.24, 2.45) is 23.5 Å². The Balaban J connectivity index is 0.0000238. The number of amides is 9. The molecule has 2 rings (SSSR count). The maximum absolute atomic E-state index is 13.8. The van der Waals surface area contributed by atoms with Gasteiger partial charge >= 0.3 is 17.7 Å². The van der Waals surface area contributed by atoms with Crippen LogP contribution in [-0.4, -0.2) is 199 Å². The van der Waals surface area contributed by atoms with Crippen molar-refractivity contribution in [2.75, 3.05) is 26.2 Å². The third kappa shape index (κ3) is 18.4. The molecule has 1 fully saturated rings. The van der Waals surface area contributed by atoms with Gasteiger partial charge in [-0.25, -0.2) is 29.6 Å².